The van der Waals surface area contributed by atoms with Gasteiger partial charge in [0.15, 0.2) is 0 Å². The van der Waals surface area contributed by atoms with E-state index in [0.29, 0.717) is 5.56 Å². The van der Waals surface area contributed by atoms with Crippen LogP contribution in [0.25, 0.3) is 0 Å². The number of nitrogens with one attached hydrogen (secondary N) is 2. The molecule has 0 saturated carbocycles. The van der Waals surface area contributed by atoms with Crippen molar-refractivity contribution in [1.29, 1.82) is 0 Å². The fourth-order valence-corrected chi connectivity index (χ4v) is 0.477. The van der Waals surface area contributed by atoms with Crippen molar-refractivity contribution in [3.63, 3.8) is 0 Å². The van der Waals surface area contributed by atoms with Crippen molar-refractivity contribution in [2.45, 2.75) is 20.8 Å². The molecule has 1 heterocycles. The number of aromatic amines is 2. The summed E-state index contributed by atoms with van der Waals surface area (Å²) in [5.41, 5.74) is -0.293. The van der Waals surface area contributed by atoms with Crippen molar-refractivity contribution in [3.8, 4) is 0 Å². The fourth-order valence-electron chi connectivity index (χ4n) is 0.477. The van der Waals surface area contributed by atoms with E-state index in [1.165, 1.54) is 6.20 Å². The van der Waals surface area contributed by atoms with Crippen LogP contribution in [0.4, 0.5) is 0 Å². The summed E-state index contributed by atoms with van der Waals surface area (Å²) in [6.07, 6.45) is 1.38. The van der Waals surface area contributed by atoms with Gasteiger partial charge in [-0.15, -0.1) is 0 Å². The van der Waals surface area contributed by atoms with Crippen LogP contribution in [0.2, 0.25) is 0 Å². The molecular weight excluding hydrogens is 144 g/mol. The minimum absolute atomic E-state index is 0. The first-order chi connectivity index (χ1) is 5.20. The van der Waals surface area contributed by atoms with Crippen LogP contribution >= 0.6 is 0 Å². The van der Waals surface area contributed by atoms with Crippen LogP contribution in [0.3, 0.4) is 0 Å². The smallest absolute Gasteiger partial charge is 0.314 e. The highest BCUT2D eigenvalue weighted by molar-refractivity contribution is 4.98. The summed E-state index contributed by atoms with van der Waals surface area (Å²) in [6, 6.07) is 0. The van der Waals surface area contributed by atoms with E-state index >= 15 is 0 Å². The third-order valence-electron chi connectivity index (χ3n) is 1.00. The standard InChI is InChI=1S/C5H6N2O2.C2H6.H2/c1-3-2-6-5(9)7-4(3)8;1-2;/h2H,1H3,(H2,6,7,8,9);1-2H3;1H. The van der Waals surface area contributed by atoms with Gasteiger partial charge in [-0.3, -0.25) is 9.78 Å². The van der Waals surface area contributed by atoms with Gasteiger partial charge in [0, 0.05) is 13.2 Å². The normalized spacial score (nSPS) is 8.27. The molecule has 0 amide bonds. The molecule has 0 aliphatic rings. The maximum atomic E-state index is 10.6. The van der Waals surface area contributed by atoms with Gasteiger partial charge in [0.25, 0.3) is 5.56 Å². The molecule has 11 heavy (non-hydrogen) atoms. The maximum Gasteiger partial charge on any atom is 0.325 e. The monoisotopic (exact) mass is 158 g/mol. The average molecular weight is 158 g/mol. The Morgan fingerprint density at radius 2 is 1.91 bits per heavy atom. The summed E-state index contributed by atoms with van der Waals surface area (Å²) in [7, 11) is 0. The van der Waals surface area contributed by atoms with Gasteiger partial charge >= 0.3 is 5.69 Å². The number of aromatic nitrogens is 2. The van der Waals surface area contributed by atoms with Gasteiger partial charge in [0.05, 0.1) is 0 Å². The highest BCUT2D eigenvalue weighted by atomic mass is 16.2. The van der Waals surface area contributed by atoms with Gasteiger partial charge in [-0.25, -0.2) is 4.79 Å². The van der Waals surface area contributed by atoms with Crippen LogP contribution in [0.5, 0.6) is 0 Å². The zero-order chi connectivity index (χ0) is 8.85. The van der Waals surface area contributed by atoms with Crippen molar-refractivity contribution in [1.82, 2.24) is 9.97 Å². The summed E-state index contributed by atoms with van der Waals surface area (Å²) in [6.45, 7) is 5.62. The molecule has 0 atom stereocenters. The van der Waals surface area contributed by atoms with Crippen molar-refractivity contribution in [2.75, 3.05) is 0 Å². The first kappa shape index (κ1) is 9.68. The van der Waals surface area contributed by atoms with E-state index in [9.17, 15) is 9.59 Å². The van der Waals surface area contributed by atoms with Crippen LogP contribution < -0.4 is 11.2 Å². The van der Waals surface area contributed by atoms with Crippen LogP contribution in [0.1, 0.15) is 20.8 Å². The molecule has 2 N–H and O–H groups in total. The lowest BCUT2D eigenvalue weighted by Gasteiger charge is -1.84. The van der Waals surface area contributed by atoms with Crippen molar-refractivity contribution >= 4 is 0 Å². The zero-order valence-corrected chi connectivity index (χ0v) is 6.89. The van der Waals surface area contributed by atoms with E-state index in [2.05, 4.69) is 9.97 Å². The summed E-state index contributed by atoms with van der Waals surface area (Å²) >= 11 is 0. The lowest BCUT2D eigenvalue weighted by atomic mass is 10.4. The number of hydrogen-bond donors (Lipinski definition) is 2. The van der Waals surface area contributed by atoms with E-state index < -0.39 is 5.69 Å². The molecule has 0 fully saturated rings. The third kappa shape index (κ3) is 2.84. The predicted molar refractivity (Wildman–Crippen MR) is 45.9 cm³/mol. The van der Waals surface area contributed by atoms with Gasteiger partial charge in [-0.05, 0) is 6.92 Å². The first-order valence-electron chi connectivity index (χ1n) is 3.49. The Balaban J connectivity index is 0. The van der Waals surface area contributed by atoms with Gasteiger partial charge < -0.3 is 4.98 Å². The lowest BCUT2D eigenvalue weighted by Crippen LogP contribution is -2.22. The molecule has 64 valence electrons. The molecule has 0 spiro atoms. The molecule has 0 aliphatic heterocycles. The van der Waals surface area contributed by atoms with Crippen molar-refractivity contribution in [3.05, 3.63) is 32.6 Å². The molecule has 1 aromatic rings. The number of H-pyrrole nitrogens is 2. The summed E-state index contributed by atoms with van der Waals surface area (Å²) < 4.78 is 0. The topological polar surface area (TPSA) is 65.7 Å². The summed E-state index contributed by atoms with van der Waals surface area (Å²) in [4.78, 5) is 25.3. The van der Waals surface area contributed by atoms with E-state index in [1.807, 2.05) is 13.8 Å². The van der Waals surface area contributed by atoms with Crippen molar-refractivity contribution < 1.29 is 1.43 Å². The number of rotatable bonds is 0. The molecule has 0 unspecified atom stereocenters. The minimum Gasteiger partial charge on any atom is -0.314 e. The third-order valence-corrected chi connectivity index (χ3v) is 1.00. The van der Waals surface area contributed by atoms with Gasteiger partial charge in [-0.1, -0.05) is 13.8 Å². The molecular formula is C7H14N2O2. The predicted octanol–water partition coefficient (Wildman–Crippen LogP) is 0.644. The van der Waals surface area contributed by atoms with Crippen LogP contribution in [0.15, 0.2) is 15.8 Å². The van der Waals surface area contributed by atoms with Gasteiger partial charge in [-0.2, -0.15) is 0 Å². The van der Waals surface area contributed by atoms with E-state index in [4.69, 9.17) is 0 Å². The minimum atomic E-state index is -0.467. The van der Waals surface area contributed by atoms with Crippen LogP contribution in [-0.2, 0) is 0 Å². The Bertz CT molecular complexity index is 316. The number of hydrogen-bond acceptors (Lipinski definition) is 2. The summed E-state index contributed by atoms with van der Waals surface area (Å²) in [5.74, 6) is 0. The van der Waals surface area contributed by atoms with E-state index in [0.717, 1.165) is 0 Å². The molecule has 4 heteroatoms. The molecule has 0 radical (unpaired) electrons. The highest BCUT2D eigenvalue weighted by Gasteiger charge is 1.88. The molecule has 1 rings (SSSR count). The van der Waals surface area contributed by atoms with Crippen molar-refractivity contribution in [2.24, 2.45) is 0 Å². The van der Waals surface area contributed by atoms with E-state index in [-0.39, 0.29) is 6.99 Å². The zero-order valence-electron chi connectivity index (χ0n) is 6.89. The van der Waals surface area contributed by atoms with Crippen LogP contribution in [0, 0.1) is 6.92 Å². The lowest BCUT2D eigenvalue weighted by molar-refractivity contribution is 1.01. The molecule has 0 aliphatic carbocycles. The van der Waals surface area contributed by atoms with Gasteiger partial charge in [0.1, 0.15) is 0 Å². The largest absolute Gasteiger partial charge is 0.325 e. The molecule has 1 aromatic heterocycles. The Morgan fingerprint density at radius 1 is 1.36 bits per heavy atom. The average Bonchev–Trinajstić information content (AvgIpc) is 2.02. The fraction of sp³-hybridized carbons (Fsp3) is 0.429. The second kappa shape index (κ2) is 4.49. The Labute approximate surface area is 65.8 Å². The molecule has 4 nitrogen and oxygen atoms in total. The quantitative estimate of drug-likeness (QED) is 0.582. The Kier molecular flexibility index (Phi) is 3.95. The van der Waals surface area contributed by atoms with E-state index in [1.54, 1.807) is 6.92 Å². The molecule has 0 bridgehead atoms. The Morgan fingerprint density at radius 3 is 2.27 bits per heavy atom. The molecule has 0 aromatic carbocycles. The molecule has 0 saturated heterocycles. The SMILES string of the molecule is CC.Cc1c[nH]c(=O)[nH]c1=O.[HH]. The highest BCUT2D eigenvalue weighted by Crippen LogP contribution is 1.73. The Hall–Kier alpha value is -1.32. The first-order valence-corrected chi connectivity index (χ1v) is 3.49. The number of aryl methyl sites for hydroxylation is 1. The second-order valence-corrected chi connectivity index (χ2v) is 1.75. The van der Waals surface area contributed by atoms with Gasteiger partial charge in [0.2, 0.25) is 0 Å². The maximum absolute atomic E-state index is 10.6. The van der Waals surface area contributed by atoms with Crippen LogP contribution in [-0.4, -0.2) is 9.97 Å². The second-order valence-electron chi connectivity index (χ2n) is 1.75. The summed E-state index contributed by atoms with van der Waals surface area (Å²) in [5, 5.41) is 0.